The van der Waals surface area contributed by atoms with Gasteiger partial charge in [0.15, 0.2) is 5.76 Å². The number of nitrogens with zero attached hydrogens (tertiary/aromatic N) is 2. The summed E-state index contributed by atoms with van der Waals surface area (Å²) in [6.45, 7) is 3.36. The van der Waals surface area contributed by atoms with Crippen LogP contribution in [-0.4, -0.2) is 24.8 Å². The minimum atomic E-state index is -3.97. The molecule has 1 aliphatic carbocycles. The maximum atomic E-state index is 12.5. The monoisotopic (exact) mass is 412 g/mol. The van der Waals surface area contributed by atoms with Crippen molar-refractivity contribution in [2.45, 2.75) is 18.7 Å². The average Bonchev–Trinajstić information content (AvgIpc) is 2.66. The molecule has 0 bridgehead atoms. The van der Waals surface area contributed by atoms with Crippen LogP contribution in [0.25, 0.3) is 0 Å². The van der Waals surface area contributed by atoms with Crippen molar-refractivity contribution in [3.63, 3.8) is 0 Å². The zero-order valence-electron chi connectivity index (χ0n) is 15.5. The number of carbonyl (C=O) groups is 1. The molecular formula is C20H16N2O6S. The molecule has 0 saturated carbocycles. The molecule has 1 aliphatic rings. The van der Waals surface area contributed by atoms with E-state index in [0.717, 1.165) is 5.56 Å². The van der Waals surface area contributed by atoms with E-state index in [1.165, 1.54) is 55.5 Å². The summed E-state index contributed by atoms with van der Waals surface area (Å²) in [4.78, 5) is 22.6. The van der Waals surface area contributed by atoms with Gasteiger partial charge in [-0.2, -0.15) is 12.8 Å². The number of hydrogen-bond acceptors (Lipinski definition) is 6. The Hall–Kier alpha value is -3.59. The topological polar surface area (TPSA) is 116 Å². The number of ketones is 1. The maximum absolute atomic E-state index is 12.5. The Labute approximate surface area is 167 Å². The van der Waals surface area contributed by atoms with Crippen molar-refractivity contribution in [3.05, 3.63) is 87.7 Å². The Morgan fingerprint density at radius 1 is 0.966 bits per heavy atom. The lowest BCUT2D eigenvalue weighted by atomic mass is 10.0. The van der Waals surface area contributed by atoms with Gasteiger partial charge in [0.1, 0.15) is 5.75 Å². The molecule has 0 aliphatic heterocycles. The van der Waals surface area contributed by atoms with Gasteiger partial charge in [0.2, 0.25) is 5.78 Å². The lowest BCUT2D eigenvalue weighted by molar-refractivity contribution is -0.384. The molecule has 0 amide bonds. The van der Waals surface area contributed by atoms with Gasteiger partial charge in [-0.25, -0.2) is 0 Å². The fraction of sp³-hybridized carbons (Fsp3) is 0.100. The van der Waals surface area contributed by atoms with E-state index in [9.17, 15) is 23.3 Å². The zero-order chi connectivity index (χ0) is 21.2. The van der Waals surface area contributed by atoms with E-state index >= 15 is 0 Å². The number of carbonyl (C=O) groups excluding carboxylic acids is 1. The highest BCUT2D eigenvalue weighted by Crippen LogP contribution is 2.23. The first-order chi connectivity index (χ1) is 13.7. The van der Waals surface area contributed by atoms with E-state index in [2.05, 4.69) is 4.40 Å². The number of ether oxygens (including phenoxy) is 1. The van der Waals surface area contributed by atoms with Crippen molar-refractivity contribution in [2.24, 2.45) is 4.40 Å². The number of benzene rings is 2. The molecule has 0 saturated heterocycles. The Bertz CT molecular complexity index is 1170. The van der Waals surface area contributed by atoms with Gasteiger partial charge < -0.3 is 4.74 Å². The van der Waals surface area contributed by atoms with Gasteiger partial charge >= 0.3 is 0 Å². The summed E-state index contributed by atoms with van der Waals surface area (Å²) in [5.41, 5.74) is 1.08. The number of aryl methyl sites for hydroxylation is 1. The maximum Gasteiger partial charge on any atom is 0.282 e. The van der Waals surface area contributed by atoms with Crippen LogP contribution >= 0.6 is 0 Å². The second-order valence-electron chi connectivity index (χ2n) is 6.32. The lowest BCUT2D eigenvalue weighted by Crippen LogP contribution is -2.17. The number of allylic oxidation sites excluding steroid dienone is 3. The summed E-state index contributed by atoms with van der Waals surface area (Å²) in [5.74, 6) is -0.364. The molecule has 0 heterocycles. The van der Waals surface area contributed by atoms with Gasteiger partial charge in [-0.3, -0.25) is 14.9 Å². The number of nitro groups is 1. The average molecular weight is 412 g/mol. The number of sulfonamides is 1. The van der Waals surface area contributed by atoms with Gasteiger partial charge in [0.05, 0.1) is 15.5 Å². The highest BCUT2D eigenvalue weighted by molar-refractivity contribution is 7.90. The minimum absolute atomic E-state index is 0.0322. The minimum Gasteiger partial charge on any atom is -0.453 e. The molecule has 0 unspecified atom stereocenters. The summed E-state index contributed by atoms with van der Waals surface area (Å²) < 4.78 is 34.4. The van der Waals surface area contributed by atoms with E-state index < -0.39 is 20.7 Å². The molecule has 0 spiro atoms. The quantitative estimate of drug-likeness (QED) is 0.421. The van der Waals surface area contributed by atoms with Crippen LogP contribution in [0.1, 0.15) is 12.5 Å². The van der Waals surface area contributed by atoms with E-state index in [0.29, 0.717) is 0 Å². The smallest absolute Gasteiger partial charge is 0.282 e. The van der Waals surface area contributed by atoms with Crippen LogP contribution < -0.4 is 4.74 Å². The molecule has 3 rings (SSSR count). The third-order valence-electron chi connectivity index (χ3n) is 4.05. The van der Waals surface area contributed by atoms with Crippen molar-refractivity contribution in [1.82, 2.24) is 0 Å². The Morgan fingerprint density at radius 2 is 1.59 bits per heavy atom. The SMILES string of the molecule is CC1=CC(=NS(=O)(=O)c2ccc(C)cc2)C=C(Oc2ccc([N+](=O)[O-])cc2)C1=O. The Balaban J connectivity index is 1.92. The third-order valence-corrected chi connectivity index (χ3v) is 5.36. The first-order valence-corrected chi connectivity index (χ1v) is 9.88. The van der Waals surface area contributed by atoms with Crippen LogP contribution in [0, 0.1) is 17.0 Å². The fourth-order valence-electron chi connectivity index (χ4n) is 2.52. The molecule has 2 aromatic carbocycles. The zero-order valence-corrected chi connectivity index (χ0v) is 16.3. The predicted octanol–water partition coefficient (Wildman–Crippen LogP) is 3.52. The molecule has 8 nitrogen and oxygen atoms in total. The van der Waals surface area contributed by atoms with E-state index in [1.54, 1.807) is 12.1 Å². The van der Waals surface area contributed by atoms with E-state index in [4.69, 9.17) is 4.74 Å². The molecule has 0 atom stereocenters. The number of hydrogen-bond donors (Lipinski definition) is 0. The third kappa shape index (κ3) is 4.64. The summed E-state index contributed by atoms with van der Waals surface area (Å²) in [6.07, 6.45) is 2.58. The van der Waals surface area contributed by atoms with Crippen LogP contribution in [0.5, 0.6) is 5.75 Å². The number of rotatable bonds is 5. The summed E-state index contributed by atoms with van der Waals surface area (Å²) in [7, 11) is -3.97. The van der Waals surface area contributed by atoms with Gasteiger partial charge in [0, 0.05) is 23.8 Å². The Morgan fingerprint density at radius 3 is 2.17 bits per heavy atom. The number of nitro benzene ring substituents is 1. The lowest BCUT2D eigenvalue weighted by Gasteiger charge is -2.13. The van der Waals surface area contributed by atoms with Gasteiger partial charge in [-0.05, 0) is 44.2 Å². The van der Waals surface area contributed by atoms with Crippen molar-refractivity contribution >= 4 is 27.2 Å². The van der Waals surface area contributed by atoms with Crippen LogP contribution in [0.3, 0.4) is 0 Å². The van der Waals surface area contributed by atoms with Crippen LogP contribution in [-0.2, 0) is 14.8 Å². The van der Waals surface area contributed by atoms with Crippen LogP contribution in [0.15, 0.2) is 81.3 Å². The standard InChI is InChI=1S/C20H16N2O6S/c1-13-3-9-18(10-4-13)29(26,27)21-15-11-14(2)20(23)19(12-15)28-17-7-5-16(6-8-17)22(24)25/h3-12H,1-2H3. The molecule has 0 N–H and O–H groups in total. The van der Waals surface area contributed by atoms with E-state index in [-0.39, 0.29) is 33.4 Å². The van der Waals surface area contributed by atoms with Crippen LogP contribution in [0.2, 0.25) is 0 Å². The molecule has 2 aromatic rings. The fourth-order valence-corrected chi connectivity index (χ4v) is 3.48. The second kappa shape index (κ2) is 7.80. The highest BCUT2D eigenvalue weighted by atomic mass is 32.2. The van der Waals surface area contributed by atoms with Gasteiger partial charge in [-0.1, -0.05) is 17.7 Å². The molecule has 0 radical (unpaired) electrons. The Kier molecular flexibility index (Phi) is 5.42. The highest BCUT2D eigenvalue weighted by Gasteiger charge is 2.22. The largest absolute Gasteiger partial charge is 0.453 e. The van der Waals surface area contributed by atoms with Crippen molar-refractivity contribution in [3.8, 4) is 5.75 Å². The molecule has 29 heavy (non-hydrogen) atoms. The molecule has 9 heteroatoms. The summed E-state index contributed by atoms with van der Waals surface area (Å²) in [5, 5.41) is 10.7. The van der Waals surface area contributed by atoms with Crippen LogP contribution in [0.4, 0.5) is 5.69 Å². The van der Waals surface area contributed by atoms with Gasteiger partial charge in [0.25, 0.3) is 15.7 Å². The summed E-state index contributed by atoms with van der Waals surface area (Å²) in [6, 6.07) is 11.4. The molecule has 0 fully saturated rings. The van der Waals surface area contributed by atoms with E-state index in [1.807, 2.05) is 6.92 Å². The molecular weight excluding hydrogens is 396 g/mol. The molecule has 0 aromatic heterocycles. The number of Topliss-reactive ketones (excluding diaryl/α,β-unsaturated/α-hetero) is 1. The molecule has 148 valence electrons. The van der Waals surface area contributed by atoms with Crippen molar-refractivity contribution in [1.29, 1.82) is 0 Å². The van der Waals surface area contributed by atoms with Crippen molar-refractivity contribution < 1.29 is 22.9 Å². The predicted molar refractivity (Wildman–Crippen MR) is 106 cm³/mol. The van der Waals surface area contributed by atoms with Crippen molar-refractivity contribution in [2.75, 3.05) is 0 Å². The normalized spacial score (nSPS) is 15.7. The first kappa shape index (κ1) is 20.2. The first-order valence-electron chi connectivity index (χ1n) is 8.44. The second-order valence-corrected chi connectivity index (χ2v) is 7.93. The number of non-ortho nitro benzene ring substituents is 1. The summed E-state index contributed by atoms with van der Waals surface area (Å²) >= 11 is 0. The van der Waals surface area contributed by atoms with Gasteiger partial charge in [-0.15, -0.1) is 0 Å².